The van der Waals surface area contributed by atoms with Crippen LogP contribution >= 0.6 is 0 Å². The van der Waals surface area contributed by atoms with Gasteiger partial charge in [-0.2, -0.15) is 11.4 Å². The average Bonchev–Trinajstić information content (AvgIpc) is 3.00. The molecule has 2 aromatic rings. The first-order chi connectivity index (χ1) is 23.0. The second-order valence-electron chi connectivity index (χ2n) is 15.5. The van der Waals surface area contributed by atoms with E-state index < -0.39 is 16.5 Å². The third-order valence-corrected chi connectivity index (χ3v) is 13.8. The van der Waals surface area contributed by atoms with Gasteiger partial charge in [-0.3, -0.25) is 9.98 Å². The standard InChI is InChI=1S/C36H50N4.C6H18NSi2.Yb/c1-9-29-17-15-18-30(10-2)35(29)39-27(7)23-25(5)37-33-21-13-14-22-34(33)38-26(6)24-28(8)40-36-31(11-3)19-16-20-32(36)12-4;1-8(2,3)7-9(4,5)6;/h15-20,23-24,33-34H,9-14,21-22H2,1-8H3;1-6H3;/q-2;-1;+3/b27-23-,28-24-,37-25?,38-26?;;/t33-,34-;;/m0../s1. The molecule has 0 heterocycles. The molecule has 1 aliphatic rings. The van der Waals surface area contributed by atoms with Crippen molar-refractivity contribution in [2.75, 3.05) is 0 Å². The summed E-state index contributed by atoms with van der Waals surface area (Å²) in [6, 6.07) is 13.5. The Morgan fingerprint density at radius 3 is 1.14 bits per heavy atom. The minimum Gasteiger partial charge on any atom is -0.668 e. The molecule has 1 aliphatic carbocycles. The Balaban J connectivity index is 0.00000110. The van der Waals surface area contributed by atoms with Gasteiger partial charge in [-0.1, -0.05) is 181 Å². The normalized spacial score (nSPS) is 17.8. The molecule has 3 rings (SSSR count). The van der Waals surface area contributed by atoms with Crippen LogP contribution in [0, 0.1) is 46.9 Å². The van der Waals surface area contributed by atoms with Gasteiger partial charge in [0.25, 0.3) is 0 Å². The van der Waals surface area contributed by atoms with Crippen molar-refractivity contribution in [2.24, 2.45) is 9.98 Å². The van der Waals surface area contributed by atoms with E-state index in [2.05, 4.69) is 143 Å². The second kappa shape index (κ2) is 22.8. The molecule has 8 heteroatoms. The van der Waals surface area contributed by atoms with Gasteiger partial charge in [-0.25, -0.2) is 0 Å². The molecule has 0 unspecified atom stereocenters. The van der Waals surface area contributed by atoms with Gasteiger partial charge in [-0.05, 0) is 52.4 Å². The van der Waals surface area contributed by atoms with Crippen LogP contribution in [0.2, 0.25) is 39.3 Å². The fourth-order valence-electron chi connectivity index (χ4n) is 6.74. The molecular weight excluding hydrogens is 804 g/mol. The van der Waals surface area contributed by atoms with Gasteiger partial charge in [0.15, 0.2) is 0 Å². The van der Waals surface area contributed by atoms with Gasteiger partial charge >= 0.3 is 46.9 Å². The summed E-state index contributed by atoms with van der Waals surface area (Å²) in [7, 11) is -2.21. The molecule has 1 fully saturated rings. The van der Waals surface area contributed by atoms with Crippen molar-refractivity contribution in [2.45, 2.75) is 158 Å². The maximum absolute atomic E-state index is 5.16. The number of nitrogens with zero attached hydrogens (tertiary/aromatic N) is 5. The second-order valence-corrected chi connectivity index (χ2v) is 25.1. The largest absolute Gasteiger partial charge is 3.00 e. The molecule has 0 saturated heterocycles. The van der Waals surface area contributed by atoms with Crippen LogP contribution < -0.4 is 0 Å². The fourth-order valence-corrected chi connectivity index (χ4v) is 14.8. The maximum atomic E-state index is 5.16. The van der Waals surface area contributed by atoms with Crippen molar-refractivity contribution in [3.8, 4) is 0 Å². The van der Waals surface area contributed by atoms with Gasteiger partial charge in [0.05, 0.1) is 12.1 Å². The van der Waals surface area contributed by atoms with Gasteiger partial charge in [0.2, 0.25) is 0 Å². The Labute approximate surface area is 348 Å². The van der Waals surface area contributed by atoms with Crippen LogP contribution in [-0.2, 0) is 25.7 Å². The molecular formula is C42H68N5Si2Yb. The Bertz CT molecular complexity index is 1310. The number of para-hydroxylation sites is 2. The van der Waals surface area contributed by atoms with E-state index in [1.54, 1.807) is 0 Å². The SMILES string of the molecule is CCc1cccc(CC)c1[N-]/C(C)=C\C(C)=N[C@H]1CCCC[C@@H]1N=C(C)/C=C(/C)[N-]c1c(CC)cccc1CC.C[Si](C)(C)[N-][Si](C)(C)C.[Yb+3]. The van der Waals surface area contributed by atoms with Crippen LogP contribution in [0.3, 0.4) is 0 Å². The number of rotatable bonds is 14. The molecule has 5 nitrogen and oxygen atoms in total. The molecule has 283 valence electrons. The molecule has 0 N–H and O–H groups in total. The first-order valence-corrected chi connectivity index (χ1v) is 25.7. The molecule has 1 saturated carbocycles. The molecule has 2 aromatic carbocycles. The van der Waals surface area contributed by atoms with Crippen molar-refractivity contribution in [1.82, 2.24) is 0 Å². The van der Waals surface area contributed by atoms with Crippen LogP contribution in [0.4, 0.5) is 11.4 Å². The number of allylic oxidation sites excluding steroid dienone is 4. The topological polar surface area (TPSA) is 67.0 Å². The number of benzene rings is 2. The zero-order valence-corrected chi connectivity index (χ0v) is 37.6. The third kappa shape index (κ3) is 17.1. The van der Waals surface area contributed by atoms with Crippen molar-refractivity contribution >= 4 is 39.3 Å². The van der Waals surface area contributed by atoms with Crippen molar-refractivity contribution in [3.63, 3.8) is 0 Å². The van der Waals surface area contributed by atoms with Crippen molar-refractivity contribution < 1.29 is 46.9 Å². The summed E-state index contributed by atoms with van der Waals surface area (Å²) in [6.45, 7) is 31.0. The van der Waals surface area contributed by atoms with E-state index in [9.17, 15) is 0 Å². The summed E-state index contributed by atoms with van der Waals surface area (Å²) in [6.07, 6.45) is 12.8. The maximum Gasteiger partial charge on any atom is 3.00 e. The summed E-state index contributed by atoms with van der Waals surface area (Å²) in [5, 5.41) is 10.1. The van der Waals surface area contributed by atoms with Crippen LogP contribution in [0.5, 0.6) is 0 Å². The van der Waals surface area contributed by atoms with Gasteiger partial charge < -0.3 is 15.3 Å². The van der Waals surface area contributed by atoms with Gasteiger partial charge in [-0.15, -0.1) is 11.4 Å². The first-order valence-electron chi connectivity index (χ1n) is 18.8. The minimum atomic E-state index is -1.11. The van der Waals surface area contributed by atoms with E-state index in [4.69, 9.17) is 25.3 Å². The van der Waals surface area contributed by atoms with Crippen molar-refractivity contribution in [3.05, 3.63) is 97.5 Å². The van der Waals surface area contributed by atoms with E-state index in [0.29, 0.717) is 0 Å². The molecule has 2 atom stereocenters. The number of aliphatic imine (C=N–C) groups is 2. The predicted molar refractivity (Wildman–Crippen MR) is 226 cm³/mol. The Hall–Kier alpha value is -1.23. The number of hydrogen-bond donors (Lipinski definition) is 0. The Morgan fingerprint density at radius 2 is 0.900 bits per heavy atom. The molecule has 1 radical (unpaired) electrons. The van der Waals surface area contributed by atoms with Crippen molar-refractivity contribution in [1.29, 1.82) is 0 Å². The van der Waals surface area contributed by atoms with E-state index >= 15 is 0 Å². The van der Waals surface area contributed by atoms with E-state index in [-0.39, 0.29) is 59.0 Å². The van der Waals surface area contributed by atoms with Crippen LogP contribution in [0.25, 0.3) is 15.3 Å². The Morgan fingerprint density at radius 1 is 0.600 bits per heavy atom. The third-order valence-electron chi connectivity index (χ3n) is 8.45. The summed E-state index contributed by atoms with van der Waals surface area (Å²) in [5.74, 6) is 0. The smallest absolute Gasteiger partial charge is 0.668 e. The first kappa shape index (κ1) is 46.8. The molecule has 0 amide bonds. The van der Waals surface area contributed by atoms with Gasteiger partial charge in [0, 0.05) is 11.4 Å². The average molecular weight is 872 g/mol. The summed E-state index contributed by atoms with van der Waals surface area (Å²) < 4.78 is 4.82. The predicted octanol–water partition coefficient (Wildman–Crippen LogP) is 13.7. The monoisotopic (exact) mass is 872 g/mol. The quantitative estimate of drug-likeness (QED) is 0.134. The summed E-state index contributed by atoms with van der Waals surface area (Å²) in [4.78, 5) is 10.3. The van der Waals surface area contributed by atoms with Crippen LogP contribution in [-0.4, -0.2) is 40.0 Å². The molecule has 0 spiro atoms. The van der Waals surface area contributed by atoms with Gasteiger partial charge in [0.1, 0.15) is 0 Å². The minimum absolute atomic E-state index is 0. The molecule has 50 heavy (non-hydrogen) atoms. The fraction of sp³-hybridized carbons (Fsp3) is 0.571. The number of aryl methyl sites for hydroxylation is 4. The van der Waals surface area contributed by atoms with Crippen LogP contribution in [0.15, 0.2) is 69.9 Å². The zero-order valence-electron chi connectivity index (χ0n) is 33.9. The molecule has 0 aliphatic heterocycles. The van der Waals surface area contributed by atoms with E-state index in [0.717, 1.165) is 72.7 Å². The van der Waals surface area contributed by atoms with E-state index in [1.807, 2.05) is 0 Å². The molecule has 0 aromatic heterocycles. The summed E-state index contributed by atoms with van der Waals surface area (Å²) in [5.41, 5.74) is 11.5. The summed E-state index contributed by atoms with van der Waals surface area (Å²) >= 11 is 0. The van der Waals surface area contributed by atoms with Crippen LogP contribution in [0.1, 0.15) is 103 Å². The van der Waals surface area contributed by atoms with E-state index in [1.165, 1.54) is 35.1 Å². The number of hydrogen-bond acceptors (Lipinski definition) is 2. The molecule has 0 bridgehead atoms. The zero-order chi connectivity index (χ0) is 36.8. The Kier molecular flexibility index (Phi) is 21.3.